The molecular formula is C14H16BrN3O2S. The Bertz CT molecular complexity index is 560. The smallest absolute Gasteiger partial charge is 0.240 e. The lowest BCUT2D eigenvalue weighted by molar-refractivity contribution is -0.122. The van der Waals surface area contributed by atoms with Crippen molar-refractivity contribution < 1.29 is 9.59 Å². The molecule has 0 aromatic heterocycles. The minimum absolute atomic E-state index is 0.137. The topological polar surface area (TPSA) is 70.6 Å². The van der Waals surface area contributed by atoms with Crippen molar-refractivity contribution in [2.45, 2.75) is 25.0 Å². The van der Waals surface area contributed by atoms with E-state index >= 15 is 0 Å². The Morgan fingerprint density at radius 3 is 2.81 bits per heavy atom. The second-order valence-electron chi connectivity index (χ2n) is 4.54. The van der Waals surface area contributed by atoms with Crippen molar-refractivity contribution in [1.29, 1.82) is 0 Å². The lowest BCUT2D eigenvalue weighted by Crippen LogP contribution is -2.28. The molecule has 1 aromatic carbocycles. The number of carbonyl (C=O) groups is 2. The maximum atomic E-state index is 12.0. The number of carbonyl (C=O) groups excluding carboxylic acids is 2. The molecule has 0 unspecified atom stereocenters. The lowest BCUT2D eigenvalue weighted by atomic mass is 10.2. The summed E-state index contributed by atoms with van der Waals surface area (Å²) in [6.45, 7) is 2.70. The van der Waals surface area contributed by atoms with Crippen LogP contribution in [0.4, 0.5) is 5.69 Å². The van der Waals surface area contributed by atoms with E-state index in [1.54, 1.807) is 12.1 Å². The molecule has 0 saturated carbocycles. The van der Waals surface area contributed by atoms with Gasteiger partial charge in [-0.05, 0) is 30.7 Å². The molecular weight excluding hydrogens is 354 g/mol. The highest BCUT2D eigenvalue weighted by Crippen LogP contribution is 2.23. The summed E-state index contributed by atoms with van der Waals surface area (Å²) in [7, 11) is 0. The number of rotatable bonds is 5. The van der Waals surface area contributed by atoms with Crippen LogP contribution in [0.1, 0.15) is 19.8 Å². The Kier molecular flexibility index (Phi) is 5.81. The van der Waals surface area contributed by atoms with E-state index in [2.05, 4.69) is 31.6 Å². The summed E-state index contributed by atoms with van der Waals surface area (Å²) in [6, 6.07) is 7.31. The van der Waals surface area contributed by atoms with E-state index in [-0.39, 0.29) is 18.2 Å². The highest BCUT2D eigenvalue weighted by molar-refractivity contribution is 9.10. The van der Waals surface area contributed by atoms with Crippen molar-refractivity contribution in [1.82, 2.24) is 5.32 Å². The van der Waals surface area contributed by atoms with Gasteiger partial charge in [0, 0.05) is 23.1 Å². The van der Waals surface area contributed by atoms with E-state index in [1.165, 1.54) is 11.8 Å². The molecule has 1 aliphatic heterocycles. The number of nitrogens with zero attached hydrogens (tertiary/aromatic N) is 1. The Balaban J connectivity index is 1.88. The van der Waals surface area contributed by atoms with Gasteiger partial charge in [-0.3, -0.25) is 14.6 Å². The molecule has 21 heavy (non-hydrogen) atoms. The van der Waals surface area contributed by atoms with Gasteiger partial charge in [0.1, 0.15) is 5.25 Å². The minimum Gasteiger partial charge on any atom is -0.326 e. The van der Waals surface area contributed by atoms with Gasteiger partial charge in [0.2, 0.25) is 11.8 Å². The van der Waals surface area contributed by atoms with Crippen LogP contribution in [-0.2, 0) is 9.59 Å². The molecule has 1 aromatic rings. The fourth-order valence-electron chi connectivity index (χ4n) is 1.74. The van der Waals surface area contributed by atoms with Gasteiger partial charge in [-0.1, -0.05) is 34.6 Å². The van der Waals surface area contributed by atoms with Crippen molar-refractivity contribution in [3.63, 3.8) is 0 Å². The van der Waals surface area contributed by atoms with Crippen molar-refractivity contribution in [2.24, 2.45) is 4.99 Å². The Morgan fingerprint density at radius 1 is 1.43 bits per heavy atom. The van der Waals surface area contributed by atoms with Crippen molar-refractivity contribution >= 4 is 50.4 Å². The summed E-state index contributed by atoms with van der Waals surface area (Å²) in [4.78, 5) is 28.0. The zero-order valence-corrected chi connectivity index (χ0v) is 14.0. The summed E-state index contributed by atoms with van der Waals surface area (Å²) >= 11 is 4.66. The fraction of sp³-hybridized carbons (Fsp3) is 0.357. The van der Waals surface area contributed by atoms with Crippen LogP contribution >= 0.6 is 27.7 Å². The number of nitrogens with one attached hydrogen (secondary N) is 2. The first kappa shape index (κ1) is 16.0. The number of thioether (sulfide) groups is 1. The molecule has 0 aliphatic carbocycles. The third-order valence-electron chi connectivity index (χ3n) is 2.75. The minimum atomic E-state index is -0.406. The molecule has 2 rings (SSSR count). The van der Waals surface area contributed by atoms with Crippen LogP contribution in [-0.4, -0.2) is 28.8 Å². The van der Waals surface area contributed by atoms with Crippen LogP contribution < -0.4 is 10.6 Å². The average molecular weight is 370 g/mol. The number of amides is 2. The second-order valence-corrected chi connectivity index (χ2v) is 6.65. The first-order valence-electron chi connectivity index (χ1n) is 6.66. The van der Waals surface area contributed by atoms with E-state index < -0.39 is 5.25 Å². The first-order chi connectivity index (χ1) is 10.1. The Morgan fingerprint density at radius 2 is 2.14 bits per heavy atom. The number of halogens is 1. The zero-order chi connectivity index (χ0) is 15.2. The van der Waals surface area contributed by atoms with Gasteiger partial charge in [0.15, 0.2) is 5.17 Å². The van der Waals surface area contributed by atoms with E-state index in [1.807, 2.05) is 19.1 Å². The average Bonchev–Trinajstić information content (AvgIpc) is 2.79. The predicted molar refractivity (Wildman–Crippen MR) is 89.5 cm³/mol. The highest BCUT2D eigenvalue weighted by atomic mass is 79.9. The number of aliphatic imine (C=N–C) groups is 1. The van der Waals surface area contributed by atoms with Crippen molar-refractivity contribution in [3.8, 4) is 0 Å². The molecule has 5 nitrogen and oxygen atoms in total. The van der Waals surface area contributed by atoms with Crippen LogP contribution in [0.25, 0.3) is 0 Å². The quantitative estimate of drug-likeness (QED) is 0.837. The van der Waals surface area contributed by atoms with Gasteiger partial charge in [-0.25, -0.2) is 0 Å². The van der Waals surface area contributed by atoms with Crippen LogP contribution in [0.15, 0.2) is 33.7 Å². The molecule has 7 heteroatoms. The lowest BCUT2D eigenvalue weighted by Gasteiger charge is -2.07. The molecule has 1 heterocycles. The van der Waals surface area contributed by atoms with Crippen molar-refractivity contribution in [3.05, 3.63) is 28.7 Å². The molecule has 1 saturated heterocycles. The summed E-state index contributed by atoms with van der Waals surface area (Å²) in [5.41, 5.74) is 0.714. The molecule has 2 amide bonds. The van der Waals surface area contributed by atoms with Crippen LogP contribution in [0.5, 0.6) is 0 Å². The zero-order valence-electron chi connectivity index (χ0n) is 11.6. The Hall–Kier alpha value is -1.34. The number of hydrogen-bond acceptors (Lipinski definition) is 4. The standard InChI is InChI=1S/C14H16BrN3O2S/c1-2-7-16-14-18-13(20)11(21-14)8-12(19)17-10-5-3-9(15)4-6-10/h3-6,11H,2,7-8H2,1H3,(H,17,19)(H,16,18,20)/t11-/m1/s1. The molecule has 2 N–H and O–H groups in total. The van der Waals surface area contributed by atoms with E-state index in [4.69, 9.17) is 0 Å². The molecule has 0 spiro atoms. The summed E-state index contributed by atoms with van der Waals surface area (Å²) < 4.78 is 0.947. The summed E-state index contributed by atoms with van der Waals surface area (Å²) in [5, 5.41) is 5.69. The third kappa shape index (κ3) is 4.86. The second kappa shape index (κ2) is 7.61. The molecule has 1 atom stereocenters. The number of hydrogen-bond donors (Lipinski definition) is 2. The third-order valence-corrected chi connectivity index (χ3v) is 4.40. The van der Waals surface area contributed by atoms with E-state index in [9.17, 15) is 9.59 Å². The van der Waals surface area contributed by atoms with Gasteiger partial charge in [0.25, 0.3) is 0 Å². The fourth-order valence-corrected chi connectivity index (χ4v) is 3.00. The first-order valence-corrected chi connectivity index (χ1v) is 8.33. The normalized spacial score (nSPS) is 19.6. The monoisotopic (exact) mass is 369 g/mol. The number of anilines is 1. The van der Waals surface area contributed by atoms with E-state index in [0.29, 0.717) is 17.4 Å². The van der Waals surface area contributed by atoms with Gasteiger partial charge < -0.3 is 10.6 Å². The van der Waals surface area contributed by atoms with Crippen molar-refractivity contribution in [2.75, 3.05) is 11.9 Å². The van der Waals surface area contributed by atoms with Crippen LogP contribution in [0.3, 0.4) is 0 Å². The van der Waals surface area contributed by atoms with Gasteiger partial charge in [-0.15, -0.1) is 0 Å². The maximum absolute atomic E-state index is 12.0. The van der Waals surface area contributed by atoms with Crippen LogP contribution in [0.2, 0.25) is 0 Å². The highest BCUT2D eigenvalue weighted by Gasteiger charge is 2.31. The number of amidine groups is 1. The van der Waals surface area contributed by atoms with Gasteiger partial charge in [0.05, 0.1) is 0 Å². The molecule has 1 aliphatic rings. The summed E-state index contributed by atoms with van der Waals surface area (Å²) in [6.07, 6.45) is 1.06. The van der Waals surface area contributed by atoms with E-state index in [0.717, 1.165) is 10.9 Å². The molecule has 0 radical (unpaired) electrons. The largest absolute Gasteiger partial charge is 0.326 e. The molecule has 1 fully saturated rings. The predicted octanol–water partition coefficient (Wildman–Crippen LogP) is 2.78. The molecule has 112 valence electrons. The maximum Gasteiger partial charge on any atom is 0.240 e. The van der Waals surface area contributed by atoms with Crippen LogP contribution in [0, 0.1) is 0 Å². The molecule has 0 bridgehead atoms. The van der Waals surface area contributed by atoms with Gasteiger partial charge in [-0.2, -0.15) is 0 Å². The summed E-state index contributed by atoms with van der Waals surface area (Å²) in [5.74, 6) is -0.331. The number of benzene rings is 1. The SMILES string of the molecule is CCCN=C1NC(=O)[C@@H](CC(=O)Nc2ccc(Br)cc2)S1. The van der Waals surface area contributed by atoms with Gasteiger partial charge >= 0.3 is 0 Å². The Labute approximate surface area is 136 Å².